The second-order valence-electron chi connectivity index (χ2n) is 6.70. The van der Waals surface area contributed by atoms with Crippen LogP contribution in [0.3, 0.4) is 0 Å². The van der Waals surface area contributed by atoms with Gasteiger partial charge < -0.3 is 19.5 Å². The smallest absolute Gasteiger partial charge is 0.338 e. The molecule has 0 saturated carbocycles. The van der Waals surface area contributed by atoms with Crippen molar-refractivity contribution in [2.24, 2.45) is 0 Å². The minimum Gasteiger partial charge on any atom is -0.497 e. The maximum absolute atomic E-state index is 14.1. The summed E-state index contributed by atoms with van der Waals surface area (Å²) in [6.45, 7) is 3.74. The van der Waals surface area contributed by atoms with E-state index in [2.05, 4.69) is 5.32 Å². The maximum Gasteiger partial charge on any atom is 0.338 e. The van der Waals surface area contributed by atoms with Crippen LogP contribution in [-0.2, 0) is 9.53 Å². The van der Waals surface area contributed by atoms with Crippen molar-refractivity contribution in [3.05, 3.63) is 71.2 Å². The van der Waals surface area contributed by atoms with Crippen LogP contribution in [0, 0.1) is 5.82 Å². The summed E-state index contributed by atoms with van der Waals surface area (Å²) in [6, 6.07) is 11.8. The molecule has 2 amide bonds. The Hall–Kier alpha value is -3.55. The Morgan fingerprint density at radius 2 is 1.94 bits per heavy atom. The number of urea groups is 1. The molecule has 2 aromatic carbocycles. The van der Waals surface area contributed by atoms with Gasteiger partial charge in [-0.1, -0.05) is 24.3 Å². The molecule has 7 nitrogen and oxygen atoms in total. The fraction of sp³-hybridized carbons (Fsp3) is 0.304. The van der Waals surface area contributed by atoms with Crippen LogP contribution in [0.5, 0.6) is 11.5 Å². The number of halogens is 1. The van der Waals surface area contributed by atoms with Crippen molar-refractivity contribution < 1.29 is 28.2 Å². The molecule has 1 heterocycles. The Labute approximate surface area is 180 Å². The van der Waals surface area contributed by atoms with Gasteiger partial charge >= 0.3 is 12.0 Å². The van der Waals surface area contributed by atoms with Gasteiger partial charge in [-0.25, -0.2) is 14.0 Å². The SMILES string of the molecule is CCOC(=O)C1=C(COc2ccccc2F)N(CC)C(=O)N[C@H]1c1cccc(OC)c1. The Morgan fingerprint density at radius 1 is 1.16 bits per heavy atom. The lowest BCUT2D eigenvalue weighted by atomic mass is 9.94. The Kier molecular flexibility index (Phi) is 7.12. The van der Waals surface area contributed by atoms with E-state index in [-0.39, 0.29) is 31.1 Å². The Balaban J connectivity index is 2.09. The number of benzene rings is 2. The minimum atomic E-state index is -0.774. The summed E-state index contributed by atoms with van der Waals surface area (Å²) < 4.78 is 30.3. The number of nitrogens with one attached hydrogen (secondary N) is 1. The number of carbonyl (C=O) groups is 2. The molecule has 31 heavy (non-hydrogen) atoms. The van der Waals surface area contributed by atoms with Crippen molar-refractivity contribution in [3.8, 4) is 11.5 Å². The summed E-state index contributed by atoms with van der Waals surface area (Å²) in [5, 5.41) is 2.86. The van der Waals surface area contributed by atoms with Crippen molar-refractivity contribution in [3.63, 3.8) is 0 Å². The Bertz CT molecular complexity index is 991. The number of carbonyl (C=O) groups excluding carboxylic acids is 2. The van der Waals surface area contributed by atoms with Gasteiger partial charge in [0.15, 0.2) is 11.6 Å². The number of esters is 1. The number of ether oxygens (including phenoxy) is 3. The molecule has 2 aromatic rings. The fourth-order valence-corrected chi connectivity index (χ4v) is 3.42. The second kappa shape index (κ2) is 9.97. The number of amides is 2. The summed E-state index contributed by atoms with van der Waals surface area (Å²) in [5.41, 5.74) is 1.20. The Morgan fingerprint density at radius 3 is 2.61 bits per heavy atom. The van der Waals surface area contributed by atoms with Gasteiger partial charge in [0, 0.05) is 6.54 Å². The second-order valence-corrected chi connectivity index (χ2v) is 6.70. The van der Waals surface area contributed by atoms with Crippen molar-refractivity contribution in [1.82, 2.24) is 10.2 Å². The molecule has 0 spiro atoms. The summed E-state index contributed by atoms with van der Waals surface area (Å²) in [4.78, 5) is 27.2. The standard InChI is InChI=1S/C23H25FN2O5/c1-4-26-18(14-31-19-12-7-6-11-17(19)24)20(22(27)30-5-2)21(25-23(26)28)15-9-8-10-16(13-15)29-3/h6-13,21H,4-5,14H2,1-3H3,(H,25,28)/t21-/m0/s1. The zero-order valence-corrected chi connectivity index (χ0v) is 17.7. The van der Waals surface area contributed by atoms with Gasteiger partial charge in [0.05, 0.1) is 31.0 Å². The molecule has 1 atom stereocenters. The van der Waals surface area contributed by atoms with E-state index >= 15 is 0 Å². The highest BCUT2D eigenvalue weighted by Gasteiger charge is 2.38. The van der Waals surface area contributed by atoms with Crippen LogP contribution in [-0.4, -0.2) is 43.8 Å². The molecule has 0 saturated heterocycles. The summed E-state index contributed by atoms with van der Waals surface area (Å²) in [7, 11) is 1.53. The zero-order chi connectivity index (χ0) is 22.4. The normalized spacial score (nSPS) is 16.1. The number of likely N-dealkylation sites (N-methyl/N-ethyl adjacent to an activating group) is 1. The van der Waals surface area contributed by atoms with Crippen LogP contribution in [0.2, 0.25) is 0 Å². The van der Waals surface area contributed by atoms with Crippen LogP contribution in [0.4, 0.5) is 9.18 Å². The average molecular weight is 428 g/mol. The first kappa shape index (κ1) is 22.1. The zero-order valence-electron chi connectivity index (χ0n) is 17.7. The van der Waals surface area contributed by atoms with Crippen LogP contribution in [0.15, 0.2) is 59.8 Å². The number of hydrogen-bond donors (Lipinski definition) is 1. The number of rotatable bonds is 8. The molecule has 0 unspecified atom stereocenters. The van der Waals surface area contributed by atoms with E-state index in [0.29, 0.717) is 17.0 Å². The fourth-order valence-electron chi connectivity index (χ4n) is 3.42. The highest BCUT2D eigenvalue weighted by Crippen LogP contribution is 2.33. The van der Waals surface area contributed by atoms with E-state index in [0.717, 1.165) is 0 Å². The van der Waals surface area contributed by atoms with Crippen molar-refractivity contribution in [1.29, 1.82) is 0 Å². The lowest BCUT2D eigenvalue weighted by Crippen LogP contribution is -2.49. The largest absolute Gasteiger partial charge is 0.497 e. The number of nitrogens with zero attached hydrogens (tertiary/aromatic N) is 1. The maximum atomic E-state index is 14.1. The third-order valence-electron chi connectivity index (χ3n) is 4.88. The van der Waals surface area contributed by atoms with E-state index in [1.165, 1.54) is 24.1 Å². The monoisotopic (exact) mass is 428 g/mol. The molecule has 0 aromatic heterocycles. The van der Waals surface area contributed by atoms with E-state index < -0.39 is 23.9 Å². The predicted molar refractivity (Wildman–Crippen MR) is 112 cm³/mol. The number of methoxy groups -OCH3 is 1. The molecule has 1 aliphatic heterocycles. The number of para-hydroxylation sites is 1. The third kappa shape index (κ3) is 4.79. The molecule has 164 valence electrons. The third-order valence-corrected chi connectivity index (χ3v) is 4.88. The van der Waals surface area contributed by atoms with E-state index in [9.17, 15) is 14.0 Å². The molecule has 0 aliphatic carbocycles. The van der Waals surface area contributed by atoms with E-state index in [1.807, 2.05) is 0 Å². The van der Waals surface area contributed by atoms with Gasteiger partial charge in [0.2, 0.25) is 0 Å². The molecular weight excluding hydrogens is 403 g/mol. The molecule has 8 heteroatoms. The van der Waals surface area contributed by atoms with Crippen molar-refractivity contribution >= 4 is 12.0 Å². The van der Waals surface area contributed by atoms with Gasteiger partial charge in [0.1, 0.15) is 12.4 Å². The van der Waals surface area contributed by atoms with E-state index in [4.69, 9.17) is 14.2 Å². The average Bonchev–Trinajstić information content (AvgIpc) is 2.78. The van der Waals surface area contributed by atoms with Crippen LogP contribution in [0.1, 0.15) is 25.5 Å². The summed E-state index contributed by atoms with van der Waals surface area (Å²) in [6.07, 6.45) is 0. The van der Waals surface area contributed by atoms with Gasteiger partial charge in [0.25, 0.3) is 0 Å². The van der Waals surface area contributed by atoms with Gasteiger partial charge in [-0.15, -0.1) is 0 Å². The molecule has 1 aliphatic rings. The first-order valence-corrected chi connectivity index (χ1v) is 9.99. The van der Waals surface area contributed by atoms with Crippen LogP contribution >= 0.6 is 0 Å². The molecule has 1 N–H and O–H groups in total. The molecular formula is C23H25FN2O5. The quantitative estimate of drug-likeness (QED) is 0.647. The van der Waals surface area contributed by atoms with Crippen LogP contribution in [0.25, 0.3) is 0 Å². The van der Waals surface area contributed by atoms with Crippen molar-refractivity contribution in [2.45, 2.75) is 19.9 Å². The number of hydrogen-bond acceptors (Lipinski definition) is 5. The molecule has 0 radical (unpaired) electrons. The van der Waals surface area contributed by atoms with E-state index in [1.54, 1.807) is 50.2 Å². The summed E-state index contributed by atoms with van der Waals surface area (Å²) in [5.74, 6) is -0.510. The van der Waals surface area contributed by atoms with Crippen molar-refractivity contribution in [2.75, 3.05) is 26.9 Å². The van der Waals surface area contributed by atoms with Gasteiger partial charge in [-0.05, 0) is 43.7 Å². The first-order chi connectivity index (χ1) is 15.0. The molecule has 0 fully saturated rings. The topological polar surface area (TPSA) is 77.1 Å². The van der Waals surface area contributed by atoms with Crippen LogP contribution < -0.4 is 14.8 Å². The highest BCUT2D eigenvalue weighted by atomic mass is 19.1. The first-order valence-electron chi connectivity index (χ1n) is 9.99. The summed E-state index contributed by atoms with van der Waals surface area (Å²) >= 11 is 0. The van der Waals surface area contributed by atoms with Gasteiger partial charge in [-0.2, -0.15) is 0 Å². The lowest BCUT2D eigenvalue weighted by Gasteiger charge is -2.36. The minimum absolute atomic E-state index is 0.0261. The molecule has 3 rings (SSSR count). The molecule has 0 bridgehead atoms. The highest BCUT2D eigenvalue weighted by molar-refractivity contribution is 5.95. The predicted octanol–water partition coefficient (Wildman–Crippen LogP) is 3.82. The lowest BCUT2D eigenvalue weighted by molar-refractivity contribution is -0.139. The van der Waals surface area contributed by atoms with Gasteiger partial charge in [-0.3, -0.25) is 4.90 Å².